The average Bonchev–Trinajstić information content (AvgIpc) is 3.03. The van der Waals surface area contributed by atoms with E-state index in [1.54, 1.807) is 19.1 Å². The second kappa shape index (κ2) is 7.58. The third-order valence-corrected chi connectivity index (χ3v) is 4.68. The molecule has 0 saturated carbocycles. The minimum absolute atomic E-state index is 0.0529. The number of nitrogens with zero attached hydrogens (tertiary/aromatic N) is 2. The summed E-state index contributed by atoms with van der Waals surface area (Å²) in [7, 11) is -3.59. The molecule has 1 aromatic heterocycles. The van der Waals surface area contributed by atoms with E-state index in [-0.39, 0.29) is 11.7 Å². The molecule has 2 rings (SSSR count). The van der Waals surface area contributed by atoms with Crippen LogP contribution in [0.25, 0.3) is 11.4 Å². The molecule has 0 bridgehead atoms. The Morgan fingerprint density at radius 2 is 1.81 bits per heavy atom. The largest absolute Gasteiger partial charge is 0.471 e. The lowest BCUT2D eigenvalue weighted by atomic mass is 9.96. The number of halogens is 3. The topological polar surface area (TPSA) is 85.1 Å². The van der Waals surface area contributed by atoms with E-state index in [4.69, 9.17) is 0 Å². The van der Waals surface area contributed by atoms with Gasteiger partial charge < -0.3 is 4.52 Å². The van der Waals surface area contributed by atoms with E-state index in [2.05, 4.69) is 19.4 Å². The van der Waals surface area contributed by atoms with Gasteiger partial charge in [0.1, 0.15) is 0 Å². The first-order valence-electron chi connectivity index (χ1n) is 7.70. The number of nitrogens with one attached hydrogen (secondary N) is 1. The second-order valence-electron chi connectivity index (χ2n) is 5.90. The highest BCUT2D eigenvalue weighted by atomic mass is 32.2. The van der Waals surface area contributed by atoms with Crippen molar-refractivity contribution in [1.82, 2.24) is 14.9 Å². The predicted octanol–water partition coefficient (Wildman–Crippen LogP) is 3.91. The summed E-state index contributed by atoms with van der Waals surface area (Å²) in [4.78, 5) is 3.32. The van der Waals surface area contributed by atoms with Crippen LogP contribution >= 0.6 is 0 Å². The van der Waals surface area contributed by atoms with Crippen LogP contribution in [0.3, 0.4) is 0 Å². The molecule has 10 heteroatoms. The lowest BCUT2D eigenvalue weighted by molar-refractivity contribution is -0.159. The fourth-order valence-corrected chi connectivity index (χ4v) is 3.48. The summed E-state index contributed by atoms with van der Waals surface area (Å²) in [5, 5.41) is 4.38. The summed E-state index contributed by atoms with van der Waals surface area (Å²) in [6.07, 6.45) is -3.30. The zero-order valence-corrected chi connectivity index (χ0v) is 15.1. The number of allylic oxidation sites excluding steroid dienone is 1. The zero-order valence-electron chi connectivity index (χ0n) is 14.3. The quantitative estimate of drug-likeness (QED) is 0.810. The molecule has 0 spiro atoms. The third-order valence-electron chi connectivity index (χ3n) is 3.47. The molecule has 0 aliphatic rings. The van der Waals surface area contributed by atoms with Gasteiger partial charge in [-0.1, -0.05) is 49.3 Å². The lowest BCUT2D eigenvalue weighted by Crippen LogP contribution is -2.30. The fraction of sp³-hybridized carbons (Fsp3) is 0.375. The zero-order chi connectivity index (χ0) is 19.5. The van der Waals surface area contributed by atoms with Gasteiger partial charge in [0.15, 0.2) is 0 Å². The highest BCUT2D eigenvalue weighted by Crippen LogP contribution is 2.30. The normalized spacial score (nSPS) is 14.3. The van der Waals surface area contributed by atoms with Gasteiger partial charge in [-0.3, -0.25) is 0 Å². The Morgan fingerprint density at radius 1 is 1.19 bits per heavy atom. The molecule has 0 aliphatic carbocycles. The van der Waals surface area contributed by atoms with Crippen LogP contribution in [-0.2, 0) is 16.2 Å². The van der Waals surface area contributed by atoms with E-state index in [0.29, 0.717) is 11.1 Å². The summed E-state index contributed by atoms with van der Waals surface area (Å²) in [5.41, 5.74) is 0.989. The van der Waals surface area contributed by atoms with Crippen LogP contribution in [0.4, 0.5) is 13.2 Å². The van der Waals surface area contributed by atoms with Crippen molar-refractivity contribution in [2.45, 2.75) is 33.0 Å². The SMILES string of the molecule is C/C=C/S(=O)(=O)NC(c1ccc(-c2noc(C(F)(F)F)n2)cc1)C(C)C. The van der Waals surface area contributed by atoms with Gasteiger partial charge in [-0.05, 0) is 18.4 Å². The molecule has 6 nitrogen and oxygen atoms in total. The van der Waals surface area contributed by atoms with E-state index in [1.165, 1.54) is 18.2 Å². The number of rotatable bonds is 6. The maximum absolute atomic E-state index is 12.5. The average molecular weight is 389 g/mol. The van der Waals surface area contributed by atoms with Gasteiger partial charge in [0.25, 0.3) is 0 Å². The first-order valence-corrected chi connectivity index (χ1v) is 9.24. The standard InChI is InChI=1S/C16H18F3N3O3S/c1-4-9-26(23,24)22-13(10(2)3)11-5-7-12(8-6-11)14-20-15(25-21-14)16(17,18)19/h4-10,13,22H,1-3H3/b9-4+. The molecule has 1 unspecified atom stereocenters. The summed E-state index contributed by atoms with van der Waals surface area (Å²) < 4.78 is 68.3. The van der Waals surface area contributed by atoms with Crippen LogP contribution < -0.4 is 4.72 Å². The Kier molecular flexibility index (Phi) is 5.87. The van der Waals surface area contributed by atoms with Crippen LogP contribution in [-0.4, -0.2) is 18.6 Å². The molecule has 0 aliphatic heterocycles. The molecular formula is C16H18F3N3O3S. The third kappa shape index (κ3) is 4.92. The van der Waals surface area contributed by atoms with Crippen LogP contribution in [0.1, 0.15) is 38.3 Å². The maximum atomic E-state index is 12.5. The number of hydrogen-bond acceptors (Lipinski definition) is 5. The molecule has 1 atom stereocenters. The monoisotopic (exact) mass is 389 g/mol. The number of sulfonamides is 1. The maximum Gasteiger partial charge on any atom is 0.471 e. The molecule has 1 heterocycles. The van der Waals surface area contributed by atoms with Crippen molar-refractivity contribution in [3.05, 3.63) is 47.2 Å². The molecule has 0 fully saturated rings. The second-order valence-corrected chi connectivity index (χ2v) is 7.49. The minimum atomic E-state index is -4.71. The molecule has 2 aromatic rings. The molecular weight excluding hydrogens is 371 g/mol. The molecule has 26 heavy (non-hydrogen) atoms. The van der Waals surface area contributed by atoms with Gasteiger partial charge in [0.2, 0.25) is 15.8 Å². The first kappa shape index (κ1) is 20.1. The lowest BCUT2D eigenvalue weighted by Gasteiger charge is -2.22. The fourth-order valence-electron chi connectivity index (χ4n) is 2.28. The highest BCUT2D eigenvalue weighted by molar-refractivity contribution is 7.92. The summed E-state index contributed by atoms with van der Waals surface area (Å²) in [6.45, 7) is 5.30. The number of hydrogen-bond donors (Lipinski definition) is 1. The molecule has 0 saturated heterocycles. The molecule has 1 N–H and O–H groups in total. The summed E-state index contributed by atoms with van der Waals surface area (Å²) in [5.74, 6) is -1.67. The number of aromatic nitrogens is 2. The number of alkyl halides is 3. The van der Waals surface area contributed by atoms with E-state index in [9.17, 15) is 21.6 Å². The van der Waals surface area contributed by atoms with Gasteiger partial charge in [0, 0.05) is 17.0 Å². The van der Waals surface area contributed by atoms with Crippen molar-refractivity contribution in [2.75, 3.05) is 0 Å². The van der Waals surface area contributed by atoms with Gasteiger partial charge in [-0.25, -0.2) is 13.1 Å². The van der Waals surface area contributed by atoms with Crippen molar-refractivity contribution in [2.24, 2.45) is 5.92 Å². The van der Waals surface area contributed by atoms with Crippen molar-refractivity contribution < 1.29 is 26.1 Å². The van der Waals surface area contributed by atoms with Crippen LogP contribution in [0.2, 0.25) is 0 Å². The molecule has 0 radical (unpaired) electrons. The van der Waals surface area contributed by atoms with Crippen molar-refractivity contribution in [3.8, 4) is 11.4 Å². The minimum Gasteiger partial charge on any atom is -0.329 e. The summed E-state index contributed by atoms with van der Waals surface area (Å²) >= 11 is 0. The highest BCUT2D eigenvalue weighted by Gasteiger charge is 2.38. The van der Waals surface area contributed by atoms with Crippen molar-refractivity contribution in [3.63, 3.8) is 0 Å². The Balaban J connectivity index is 2.27. The van der Waals surface area contributed by atoms with E-state index < -0.39 is 28.1 Å². The molecule has 1 aromatic carbocycles. The Morgan fingerprint density at radius 3 is 2.27 bits per heavy atom. The van der Waals surface area contributed by atoms with Crippen LogP contribution in [0.5, 0.6) is 0 Å². The summed E-state index contributed by atoms with van der Waals surface area (Å²) in [6, 6.07) is 5.75. The van der Waals surface area contributed by atoms with Crippen molar-refractivity contribution >= 4 is 10.0 Å². The first-order chi connectivity index (χ1) is 12.0. The van der Waals surface area contributed by atoms with Gasteiger partial charge in [0.05, 0.1) is 0 Å². The van der Waals surface area contributed by atoms with Gasteiger partial charge in [-0.15, -0.1) is 0 Å². The Labute approximate surface area is 149 Å². The molecule has 0 amide bonds. The Hall–Kier alpha value is -2.20. The smallest absolute Gasteiger partial charge is 0.329 e. The van der Waals surface area contributed by atoms with Gasteiger partial charge in [-0.2, -0.15) is 18.2 Å². The predicted molar refractivity (Wildman–Crippen MR) is 89.2 cm³/mol. The van der Waals surface area contributed by atoms with E-state index >= 15 is 0 Å². The Bertz CT molecular complexity index is 872. The molecule has 142 valence electrons. The van der Waals surface area contributed by atoms with E-state index in [0.717, 1.165) is 5.41 Å². The number of benzene rings is 1. The van der Waals surface area contributed by atoms with Crippen molar-refractivity contribution in [1.29, 1.82) is 0 Å². The van der Waals surface area contributed by atoms with Crippen LogP contribution in [0.15, 0.2) is 40.3 Å². The van der Waals surface area contributed by atoms with E-state index in [1.807, 2.05) is 13.8 Å². The van der Waals surface area contributed by atoms with Gasteiger partial charge >= 0.3 is 12.1 Å². The van der Waals surface area contributed by atoms with Crippen LogP contribution in [0, 0.1) is 5.92 Å².